The van der Waals surface area contributed by atoms with Crippen molar-refractivity contribution in [1.29, 1.82) is 0 Å². The van der Waals surface area contributed by atoms with Gasteiger partial charge < -0.3 is 20.1 Å². The fraction of sp³-hybridized carbons (Fsp3) is 0.368. The number of nitrogens with one attached hydrogen (secondary N) is 2. The van der Waals surface area contributed by atoms with Crippen molar-refractivity contribution in [1.82, 2.24) is 15.6 Å². The highest BCUT2D eigenvalue weighted by atomic mass is 35.5. The van der Waals surface area contributed by atoms with Gasteiger partial charge in [0.15, 0.2) is 0 Å². The lowest BCUT2D eigenvalue weighted by Crippen LogP contribution is -2.36. The number of hydrogen-bond donors (Lipinski definition) is 2. The molecule has 0 saturated carbocycles. The van der Waals surface area contributed by atoms with Crippen LogP contribution in [0.4, 0.5) is 0 Å². The number of rotatable bonds is 10. The van der Waals surface area contributed by atoms with Crippen LogP contribution in [0.5, 0.6) is 5.75 Å². The van der Waals surface area contributed by atoms with Gasteiger partial charge in [0.25, 0.3) is 0 Å². The van der Waals surface area contributed by atoms with Crippen molar-refractivity contribution in [3.63, 3.8) is 0 Å². The van der Waals surface area contributed by atoms with Crippen LogP contribution in [0.25, 0.3) is 0 Å². The Kier molecular flexibility index (Phi) is 13.2. The van der Waals surface area contributed by atoms with E-state index in [2.05, 4.69) is 15.6 Å². The third-order valence-electron chi connectivity index (χ3n) is 3.62. The molecular formula is C19H27Cl2N3O3. The molecule has 2 aromatic rings. The van der Waals surface area contributed by atoms with Crippen LogP contribution in [0.2, 0.25) is 0 Å². The molecular weight excluding hydrogens is 389 g/mol. The second-order valence-electron chi connectivity index (χ2n) is 5.64. The summed E-state index contributed by atoms with van der Waals surface area (Å²) in [7, 11) is 1.63. The van der Waals surface area contributed by atoms with Crippen molar-refractivity contribution in [2.45, 2.75) is 19.6 Å². The minimum Gasteiger partial charge on any atom is -0.487 e. The Bertz CT molecular complexity index is 660. The first-order chi connectivity index (χ1) is 12.2. The van der Waals surface area contributed by atoms with Gasteiger partial charge >= 0.3 is 0 Å². The zero-order chi connectivity index (χ0) is 17.9. The molecule has 0 saturated heterocycles. The Hall–Kier alpha value is -1.86. The standard InChI is InChI=1S/C19H25N3O3.2ClH/c1-15(22-19(23)13-20-10-11-24-2)16-6-5-8-18(12-16)25-14-17-7-3-4-9-21-17;;/h3-9,12,15,20H,10-11,13-14H2,1-2H3,(H,22,23);2*1H. The quantitative estimate of drug-likeness (QED) is 0.583. The second kappa shape index (κ2) is 14.2. The van der Waals surface area contributed by atoms with Gasteiger partial charge in [-0.05, 0) is 36.8 Å². The number of pyridine rings is 1. The Balaban J connectivity index is 0.00000338. The van der Waals surface area contributed by atoms with Crippen LogP contribution in [0.15, 0.2) is 48.7 Å². The molecule has 0 aliphatic rings. The molecule has 1 heterocycles. The van der Waals surface area contributed by atoms with Crippen molar-refractivity contribution in [3.05, 3.63) is 59.9 Å². The third kappa shape index (κ3) is 9.58. The number of amides is 1. The zero-order valence-corrected chi connectivity index (χ0v) is 17.1. The van der Waals surface area contributed by atoms with E-state index in [1.165, 1.54) is 0 Å². The summed E-state index contributed by atoms with van der Waals surface area (Å²) in [6, 6.07) is 13.3. The fourth-order valence-corrected chi connectivity index (χ4v) is 2.27. The van der Waals surface area contributed by atoms with Crippen molar-refractivity contribution >= 4 is 30.7 Å². The largest absolute Gasteiger partial charge is 0.487 e. The summed E-state index contributed by atoms with van der Waals surface area (Å²) in [4.78, 5) is 16.2. The fourth-order valence-electron chi connectivity index (χ4n) is 2.27. The highest BCUT2D eigenvalue weighted by Crippen LogP contribution is 2.19. The molecule has 1 aromatic heterocycles. The Morgan fingerprint density at radius 2 is 2.00 bits per heavy atom. The highest BCUT2D eigenvalue weighted by molar-refractivity contribution is 5.85. The molecule has 8 heteroatoms. The number of methoxy groups -OCH3 is 1. The first kappa shape index (κ1) is 25.1. The SMILES string of the molecule is COCCNCC(=O)NC(C)c1cccc(OCc2ccccn2)c1.Cl.Cl. The van der Waals surface area contributed by atoms with Crippen LogP contribution in [-0.2, 0) is 16.1 Å². The van der Waals surface area contributed by atoms with E-state index in [9.17, 15) is 4.79 Å². The molecule has 6 nitrogen and oxygen atoms in total. The summed E-state index contributed by atoms with van der Waals surface area (Å²) >= 11 is 0. The summed E-state index contributed by atoms with van der Waals surface area (Å²) in [5, 5.41) is 5.99. The number of nitrogens with zero attached hydrogens (tertiary/aromatic N) is 1. The highest BCUT2D eigenvalue weighted by Gasteiger charge is 2.10. The van der Waals surface area contributed by atoms with Crippen molar-refractivity contribution < 1.29 is 14.3 Å². The minimum absolute atomic E-state index is 0. The molecule has 1 amide bonds. The Labute approximate surface area is 172 Å². The van der Waals surface area contributed by atoms with Crippen LogP contribution in [0, 0.1) is 0 Å². The molecule has 0 spiro atoms. The van der Waals surface area contributed by atoms with Gasteiger partial charge in [-0.25, -0.2) is 0 Å². The molecule has 0 aliphatic carbocycles. The molecule has 0 aliphatic heterocycles. The van der Waals surface area contributed by atoms with E-state index < -0.39 is 0 Å². The summed E-state index contributed by atoms with van der Waals surface area (Å²) in [6.45, 7) is 3.86. The molecule has 0 bridgehead atoms. The summed E-state index contributed by atoms with van der Waals surface area (Å²) in [6.07, 6.45) is 1.74. The number of hydrogen-bond acceptors (Lipinski definition) is 5. The number of carbonyl (C=O) groups excluding carboxylic acids is 1. The van der Waals surface area contributed by atoms with Crippen LogP contribution < -0.4 is 15.4 Å². The van der Waals surface area contributed by atoms with Crippen molar-refractivity contribution in [2.24, 2.45) is 0 Å². The topological polar surface area (TPSA) is 72.5 Å². The number of halogens is 2. The number of aromatic nitrogens is 1. The van der Waals surface area contributed by atoms with E-state index >= 15 is 0 Å². The van der Waals surface area contributed by atoms with E-state index in [0.29, 0.717) is 19.8 Å². The minimum atomic E-state index is -0.102. The Morgan fingerprint density at radius 3 is 2.70 bits per heavy atom. The van der Waals surface area contributed by atoms with Crippen LogP contribution >= 0.6 is 24.8 Å². The first-order valence-corrected chi connectivity index (χ1v) is 8.30. The van der Waals surface area contributed by atoms with Crippen LogP contribution in [-0.4, -0.2) is 37.7 Å². The molecule has 2 rings (SSSR count). The maximum absolute atomic E-state index is 11.9. The van der Waals surface area contributed by atoms with Gasteiger partial charge in [-0.2, -0.15) is 0 Å². The average Bonchev–Trinajstić information content (AvgIpc) is 2.64. The molecule has 0 fully saturated rings. The van der Waals surface area contributed by atoms with Gasteiger partial charge in [0.05, 0.1) is 24.9 Å². The maximum atomic E-state index is 11.9. The van der Waals surface area contributed by atoms with E-state index in [0.717, 1.165) is 17.0 Å². The Morgan fingerprint density at radius 1 is 1.19 bits per heavy atom. The molecule has 1 aromatic carbocycles. The van der Waals surface area contributed by atoms with Gasteiger partial charge in [0.1, 0.15) is 12.4 Å². The van der Waals surface area contributed by atoms with Gasteiger partial charge in [0.2, 0.25) is 5.91 Å². The number of ether oxygens (including phenoxy) is 2. The number of benzene rings is 1. The number of carbonyl (C=O) groups is 1. The predicted molar refractivity (Wildman–Crippen MR) is 111 cm³/mol. The van der Waals surface area contributed by atoms with Crippen molar-refractivity contribution in [3.8, 4) is 5.75 Å². The van der Waals surface area contributed by atoms with E-state index in [1.54, 1.807) is 13.3 Å². The average molecular weight is 416 g/mol. The lowest BCUT2D eigenvalue weighted by Gasteiger charge is -2.16. The van der Waals surface area contributed by atoms with Gasteiger partial charge in [-0.1, -0.05) is 18.2 Å². The molecule has 150 valence electrons. The summed E-state index contributed by atoms with van der Waals surface area (Å²) in [5.74, 6) is 0.700. The predicted octanol–water partition coefficient (Wildman–Crippen LogP) is 2.92. The van der Waals surface area contributed by atoms with E-state index in [1.807, 2.05) is 49.4 Å². The summed E-state index contributed by atoms with van der Waals surface area (Å²) < 4.78 is 10.7. The first-order valence-electron chi connectivity index (χ1n) is 8.30. The smallest absolute Gasteiger partial charge is 0.234 e. The van der Waals surface area contributed by atoms with Crippen LogP contribution in [0.3, 0.4) is 0 Å². The van der Waals surface area contributed by atoms with E-state index in [-0.39, 0.29) is 43.3 Å². The lowest BCUT2D eigenvalue weighted by atomic mass is 10.1. The normalized spacial score (nSPS) is 10.9. The van der Waals surface area contributed by atoms with Crippen LogP contribution in [0.1, 0.15) is 24.2 Å². The van der Waals surface area contributed by atoms with Gasteiger partial charge in [-0.15, -0.1) is 24.8 Å². The third-order valence-corrected chi connectivity index (χ3v) is 3.62. The summed E-state index contributed by atoms with van der Waals surface area (Å²) in [5.41, 5.74) is 1.86. The van der Waals surface area contributed by atoms with Gasteiger partial charge in [-0.3, -0.25) is 9.78 Å². The monoisotopic (exact) mass is 415 g/mol. The molecule has 27 heavy (non-hydrogen) atoms. The van der Waals surface area contributed by atoms with Crippen molar-refractivity contribution in [2.75, 3.05) is 26.8 Å². The molecule has 0 radical (unpaired) electrons. The second-order valence-corrected chi connectivity index (χ2v) is 5.64. The maximum Gasteiger partial charge on any atom is 0.234 e. The zero-order valence-electron chi connectivity index (χ0n) is 15.5. The van der Waals surface area contributed by atoms with Gasteiger partial charge in [0, 0.05) is 19.9 Å². The molecule has 2 N–H and O–H groups in total. The lowest BCUT2D eigenvalue weighted by molar-refractivity contribution is -0.120. The molecule has 1 unspecified atom stereocenters. The van der Waals surface area contributed by atoms with E-state index in [4.69, 9.17) is 9.47 Å². The molecule has 1 atom stereocenters.